The molecule has 0 unspecified atom stereocenters. The summed E-state index contributed by atoms with van der Waals surface area (Å²) in [7, 11) is 0. The Morgan fingerprint density at radius 1 is 1.08 bits per heavy atom. The lowest BCUT2D eigenvalue weighted by Gasteiger charge is -2.23. The fourth-order valence-corrected chi connectivity index (χ4v) is 3.38. The molecule has 0 radical (unpaired) electrons. The molecule has 2 fully saturated rings. The minimum Gasteiger partial charge on any atom is -0.475 e. The van der Waals surface area contributed by atoms with E-state index in [0.29, 0.717) is 6.61 Å². The molecule has 1 spiro atoms. The summed E-state index contributed by atoms with van der Waals surface area (Å²) >= 11 is 0. The lowest BCUT2D eigenvalue weighted by atomic mass is 9.98. The summed E-state index contributed by atoms with van der Waals surface area (Å²) in [4.78, 5) is 23.9. The van der Waals surface area contributed by atoms with E-state index in [1.54, 1.807) is 6.07 Å². The van der Waals surface area contributed by atoms with Gasteiger partial charge in [0.15, 0.2) is 11.6 Å². The van der Waals surface area contributed by atoms with E-state index >= 15 is 0 Å². The first-order valence-corrected chi connectivity index (χ1v) is 10.6. The van der Waals surface area contributed by atoms with Crippen LogP contribution in [0.2, 0.25) is 0 Å². The number of aliphatic carboxylic acids is 2. The topological polar surface area (TPSA) is 135 Å². The lowest BCUT2D eigenvalue weighted by molar-refractivity contribution is -0.193. The Bertz CT molecular complexity index is 1080. The molecule has 2 aromatic heterocycles. The van der Waals surface area contributed by atoms with E-state index in [9.17, 15) is 30.7 Å². The Kier molecular flexibility index (Phi) is 9.77. The van der Waals surface area contributed by atoms with Crippen molar-refractivity contribution < 1.29 is 60.0 Å². The van der Waals surface area contributed by atoms with E-state index in [2.05, 4.69) is 20.1 Å². The number of nitrogens with zero attached hydrogens (tertiary/aromatic N) is 4. The summed E-state index contributed by atoms with van der Waals surface area (Å²) < 4.78 is 88.9. The van der Waals surface area contributed by atoms with Crippen LogP contribution >= 0.6 is 0 Å². The molecular weight excluding hydrogens is 537 g/mol. The number of aryl methyl sites for hydroxylation is 1. The third kappa shape index (κ3) is 8.97. The van der Waals surface area contributed by atoms with E-state index < -0.39 is 30.1 Å². The molecule has 210 valence electrons. The summed E-state index contributed by atoms with van der Waals surface area (Å²) in [6, 6.07) is 6.83. The van der Waals surface area contributed by atoms with Crippen LogP contribution in [0.25, 0.3) is 0 Å². The fraction of sp³-hybridized carbons (Fsp3) is 0.476. The first-order valence-electron chi connectivity index (χ1n) is 10.6. The molecular formula is C21H21F7N4O6. The molecule has 0 saturated carbocycles. The molecule has 38 heavy (non-hydrogen) atoms. The molecule has 17 heteroatoms. The van der Waals surface area contributed by atoms with E-state index in [1.165, 1.54) is 12.3 Å². The summed E-state index contributed by atoms with van der Waals surface area (Å²) in [5.74, 6) is -5.05. The normalized spacial score (nSPS) is 20.7. The van der Waals surface area contributed by atoms with Gasteiger partial charge in [0.05, 0.1) is 17.9 Å². The number of aromatic nitrogens is 3. The van der Waals surface area contributed by atoms with Gasteiger partial charge in [0.2, 0.25) is 0 Å². The van der Waals surface area contributed by atoms with Crippen LogP contribution in [0.5, 0.6) is 5.88 Å². The Hall–Kier alpha value is -3.76. The van der Waals surface area contributed by atoms with Crippen molar-refractivity contribution in [1.29, 1.82) is 0 Å². The smallest absolute Gasteiger partial charge is 0.475 e. The zero-order valence-electron chi connectivity index (χ0n) is 19.5. The average molecular weight is 558 g/mol. The van der Waals surface area contributed by atoms with Gasteiger partial charge in [0.25, 0.3) is 5.88 Å². The van der Waals surface area contributed by atoms with Crippen molar-refractivity contribution in [2.24, 2.45) is 0 Å². The number of alkyl halides is 6. The van der Waals surface area contributed by atoms with Gasteiger partial charge in [-0.05, 0) is 37.6 Å². The maximum absolute atomic E-state index is 13.7. The standard InChI is InChI=1S/C17H19FN4O2.2C2HF3O2/c1-12-4-5-15(21-20-12)22-8-6-17(11-22)9-13(10-23-17)24-16-14(18)3-2-7-19-16;2*3-2(4,5)1(6)7/h2-5,7,13H,6,8-11H2,1H3;2*(H,6,7)/t13-,17+;;/m1../s1. The third-order valence-electron chi connectivity index (χ3n) is 5.09. The zero-order chi connectivity index (χ0) is 28.7. The maximum atomic E-state index is 13.7. The second kappa shape index (κ2) is 12.2. The SMILES string of the molecule is Cc1ccc(N2CC[C@]3(C[C@@H](Oc4ncccc4F)CO3)C2)nn1.O=C(O)C(F)(F)F.O=C(O)C(F)(F)F. The van der Waals surface area contributed by atoms with E-state index in [1.807, 2.05) is 19.1 Å². The highest BCUT2D eigenvalue weighted by atomic mass is 19.4. The Balaban J connectivity index is 0.000000301. The highest BCUT2D eigenvalue weighted by molar-refractivity contribution is 5.73. The van der Waals surface area contributed by atoms with Gasteiger partial charge in [-0.2, -0.15) is 31.4 Å². The molecule has 2 atom stereocenters. The number of carboxylic acids is 2. The second-order valence-corrected chi connectivity index (χ2v) is 8.04. The molecule has 2 aliphatic rings. The quantitative estimate of drug-likeness (QED) is 0.540. The van der Waals surface area contributed by atoms with Crippen LogP contribution in [0, 0.1) is 12.7 Å². The Morgan fingerprint density at radius 2 is 1.68 bits per heavy atom. The van der Waals surface area contributed by atoms with Crippen molar-refractivity contribution in [3.05, 3.63) is 42.0 Å². The first kappa shape index (κ1) is 30.5. The number of carboxylic acid groups (broad SMARTS) is 2. The molecule has 0 aromatic carbocycles. The summed E-state index contributed by atoms with van der Waals surface area (Å²) in [5.41, 5.74) is 0.637. The molecule has 10 nitrogen and oxygen atoms in total. The maximum Gasteiger partial charge on any atom is 0.490 e. The number of rotatable bonds is 3. The van der Waals surface area contributed by atoms with Crippen LogP contribution in [-0.2, 0) is 14.3 Å². The van der Waals surface area contributed by atoms with Gasteiger partial charge in [-0.1, -0.05) is 0 Å². The van der Waals surface area contributed by atoms with Gasteiger partial charge in [-0.25, -0.2) is 19.0 Å². The average Bonchev–Trinajstić information content (AvgIpc) is 3.41. The minimum absolute atomic E-state index is 0.0439. The Morgan fingerprint density at radius 3 is 2.18 bits per heavy atom. The Labute approximate surface area is 210 Å². The molecule has 2 saturated heterocycles. The van der Waals surface area contributed by atoms with Gasteiger partial charge in [0, 0.05) is 25.7 Å². The van der Waals surface area contributed by atoms with E-state index in [-0.39, 0.29) is 17.6 Å². The number of carbonyl (C=O) groups is 2. The van der Waals surface area contributed by atoms with Gasteiger partial charge in [-0.15, -0.1) is 5.10 Å². The third-order valence-corrected chi connectivity index (χ3v) is 5.09. The van der Waals surface area contributed by atoms with Crippen LogP contribution in [0.4, 0.5) is 36.6 Å². The molecule has 0 bridgehead atoms. The second-order valence-electron chi connectivity index (χ2n) is 8.04. The summed E-state index contributed by atoms with van der Waals surface area (Å²) in [6.45, 7) is 3.97. The zero-order valence-corrected chi connectivity index (χ0v) is 19.5. The lowest BCUT2D eigenvalue weighted by Crippen LogP contribution is -2.33. The van der Waals surface area contributed by atoms with Crippen molar-refractivity contribution in [2.45, 2.75) is 43.8 Å². The molecule has 4 rings (SSSR count). The summed E-state index contributed by atoms with van der Waals surface area (Å²) in [5, 5.41) is 22.6. The van der Waals surface area contributed by atoms with Crippen molar-refractivity contribution in [1.82, 2.24) is 15.2 Å². The van der Waals surface area contributed by atoms with Gasteiger partial charge >= 0.3 is 24.3 Å². The highest BCUT2D eigenvalue weighted by Crippen LogP contribution is 2.37. The largest absolute Gasteiger partial charge is 0.490 e. The van der Waals surface area contributed by atoms with Crippen molar-refractivity contribution >= 4 is 17.8 Å². The molecule has 2 aromatic rings. The fourth-order valence-electron chi connectivity index (χ4n) is 3.38. The number of anilines is 1. The van der Waals surface area contributed by atoms with Gasteiger partial charge in [0.1, 0.15) is 6.10 Å². The molecule has 2 aliphatic heterocycles. The molecule has 0 aliphatic carbocycles. The van der Waals surface area contributed by atoms with Gasteiger partial charge in [-0.3, -0.25) is 0 Å². The van der Waals surface area contributed by atoms with Crippen LogP contribution in [0.15, 0.2) is 30.5 Å². The van der Waals surface area contributed by atoms with Gasteiger partial charge < -0.3 is 24.6 Å². The number of hydrogen-bond donors (Lipinski definition) is 2. The molecule has 2 N–H and O–H groups in total. The van der Waals surface area contributed by atoms with E-state index in [4.69, 9.17) is 29.3 Å². The minimum atomic E-state index is -5.08. The number of halogens is 7. The molecule has 0 amide bonds. The predicted molar refractivity (Wildman–Crippen MR) is 113 cm³/mol. The van der Waals surface area contributed by atoms with Crippen molar-refractivity contribution in [3.8, 4) is 5.88 Å². The molecule has 4 heterocycles. The number of hydrogen-bond acceptors (Lipinski definition) is 8. The number of ether oxygens (including phenoxy) is 2. The van der Waals surface area contributed by atoms with Crippen LogP contribution in [-0.4, -0.2) is 81.1 Å². The van der Waals surface area contributed by atoms with Crippen LogP contribution in [0.3, 0.4) is 0 Å². The highest BCUT2D eigenvalue weighted by Gasteiger charge is 2.47. The van der Waals surface area contributed by atoms with Crippen LogP contribution in [0.1, 0.15) is 18.5 Å². The van der Waals surface area contributed by atoms with Crippen molar-refractivity contribution in [3.63, 3.8) is 0 Å². The predicted octanol–water partition coefficient (Wildman–Crippen LogP) is 3.40. The number of pyridine rings is 1. The van der Waals surface area contributed by atoms with Crippen molar-refractivity contribution in [2.75, 3.05) is 24.6 Å². The first-order chi connectivity index (χ1) is 17.5. The summed E-state index contributed by atoms with van der Waals surface area (Å²) in [6.07, 6.45) is -7.21. The monoisotopic (exact) mass is 558 g/mol. The van der Waals surface area contributed by atoms with Crippen LogP contribution < -0.4 is 9.64 Å². The van der Waals surface area contributed by atoms with E-state index in [0.717, 1.165) is 37.4 Å².